The lowest BCUT2D eigenvalue weighted by Gasteiger charge is -2.07. The highest BCUT2D eigenvalue weighted by Crippen LogP contribution is 2.36. The highest BCUT2D eigenvalue weighted by molar-refractivity contribution is 5.11. The van der Waals surface area contributed by atoms with E-state index in [1.165, 1.54) is 18.5 Å². The van der Waals surface area contributed by atoms with Crippen molar-refractivity contribution >= 4 is 0 Å². The van der Waals surface area contributed by atoms with Crippen molar-refractivity contribution in [3.8, 4) is 0 Å². The highest BCUT2D eigenvalue weighted by Gasteiger charge is 2.37. The second kappa shape index (κ2) is 3.11. The molecule has 1 aliphatic rings. The maximum absolute atomic E-state index is 6.00. The average molecular weight is 176 g/mol. The molecule has 2 rings (SSSR count). The summed E-state index contributed by atoms with van der Waals surface area (Å²) < 4.78 is 0. The molecule has 0 amide bonds. The lowest BCUT2D eigenvalue weighted by atomic mass is 10.1. The lowest BCUT2D eigenvalue weighted by molar-refractivity contribution is 0.603. The Kier molecular flexibility index (Phi) is 2.08. The number of hydrogen-bond acceptors (Lipinski definition) is 2. The minimum Gasteiger partial charge on any atom is -0.325 e. The molecule has 2 heteroatoms. The minimum atomic E-state index is 0.158. The summed E-state index contributed by atoms with van der Waals surface area (Å²) in [7, 11) is 0. The molecule has 1 heterocycles. The van der Waals surface area contributed by atoms with E-state index in [0.717, 1.165) is 18.5 Å². The van der Waals surface area contributed by atoms with E-state index < -0.39 is 0 Å². The van der Waals surface area contributed by atoms with Crippen LogP contribution in [0.5, 0.6) is 0 Å². The van der Waals surface area contributed by atoms with Gasteiger partial charge in [-0.15, -0.1) is 0 Å². The molecule has 0 unspecified atom stereocenters. The molecule has 1 fully saturated rings. The first-order valence-corrected chi connectivity index (χ1v) is 4.89. The quantitative estimate of drug-likeness (QED) is 0.763. The molecule has 1 aliphatic carbocycles. The molecule has 1 saturated carbocycles. The number of aryl methyl sites for hydroxylation is 2. The van der Waals surface area contributed by atoms with Crippen LogP contribution in [-0.2, 0) is 6.42 Å². The van der Waals surface area contributed by atoms with Crippen molar-refractivity contribution in [3.05, 3.63) is 29.6 Å². The predicted octanol–water partition coefficient (Wildman–Crippen LogP) is 1.81. The second-order valence-corrected chi connectivity index (χ2v) is 4.13. The molecule has 70 valence electrons. The van der Waals surface area contributed by atoms with Crippen molar-refractivity contribution in [2.75, 3.05) is 0 Å². The number of nitrogens with two attached hydrogens (primary N) is 1. The van der Waals surface area contributed by atoms with Gasteiger partial charge in [-0.1, -0.05) is 6.07 Å². The smallest absolute Gasteiger partial charge is 0.0407 e. The molecular formula is C11H16N2. The van der Waals surface area contributed by atoms with Gasteiger partial charge in [0.2, 0.25) is 0 Å². The molecule has 13 heavy (non-hydrogen) atoms. The fourth-order valence-electron chi connectivity index (χ4n) is 1.53. The van der Waals surface area contributed by atoms with E-state index in [4.69, 9.17) is 5.73 Å². The summed E-state index contributed by atoms with van der Waals surface area (Å²) in [5, 5.41) is 0. The van der Waals surface area contributed by atoms with Gasteiger partial charge in [-0.2, -0.15) is 0 Å². The molecule has 0 aromatic carbocycles. The van der Waals surface area contributed by atoms with Crippen LogP contribution in [0.1, 0.15) is 30.7 Å². The molecule has 2 N–H and O–H groups in total. The number of pyridine rings is 1. The third kappa shape index (κ3) is 2.28. The Labute approximate surface area is 79.2 Å². The molecule has 0 spiro atoms. The van der Waals surface area contributed by atoms with E-state index in [1.54, 1.807) is 0 Å². The van der Waals surface area contributed by atoms with Crippen molar-refractivity contribution in [2.45, 2.75) is 38.1 Å². The van der Waals surface area contributed by atoms with Crippen LogP contribution in [0.25, 0.3) is 0 Å². The molecular weight excluding hydrogens is 160 g/mol. The van der Waals surface area contributed by atoms with E-state index >= 15 is 0 Å². The third-order valence-electron chi connectivity index (χ3n) is 2.72. The SMILES string of the molecule is Cc1cccc(CCC2(N)CC2)n1. The average Bonchev–Trinajstić information content (AvgIpc) is 2.82. The molecule has 0 radical (unpaired) electrons. The molecule has 2 nitrogen and oxygen atoms in total. The Morgan fingerprint density at radius 3 is 2.85 bits per heavy atom. The largest absolute Gasteiger partial charge is 0.325 e. The Hall–Kier alpha value is -0.890. The number of aromatic nitrogens is 1. The second-order valence-electron chi connectivity index (χ2n) is 4.13. The van der Waals surface area contributed by atoms with Gasteiger partial charge in [0, 0.05) is 16.9 Å². The summed E-state index contributed by atoms with van der Waals surface area (Å²) in [6, 6.07) is 6.17. The van der Waals surface area contributed by atoms with E-state index in [1.807, 2.05) is 13.0 Å². The molecule has 1 aromatic rings. The Morgan fingerprint density at radius 1 is 1.46 bits per heavy atom. The molecule has 0 atom stereocenters. The molecule has 0 aliphatic heterocycles. The first-order chi connectivity index (χ1) is 6.18. The first-order valence-electron chi connectivity index (χ1n) is 4.89. The summed E-state index contributed by atoms with van der Waals surface area (Å²) in [6.45, 7) is 2.03. The van der Waals surface area contributed by atoms with Crippen molar-refractivity contribution < 1.29 is 0 Å². The Morgan fingerprint density at radius 2 is 2.23 bits per heavy atom. The van der Waals surface area contributed by atoms with Gasteiger partial charge in [0.25, 0.3) is 0 Å². The van der Waals surface area contributed by atoms with Gasteiger partial charge in [0.1, 0.15) is 0 Å². The van der Waals surface area contributed by atoms with Crippen LogP contribution in [0.2, 0.25) is 0 Å². The van der Waals surface area contributed by atoms with Crippen molar-refractivity contribution in [1.29, 1.82) is 0 Å². The van der Waals surface area contributed by atoms with Crippen LogP contribution in [0.4, 0.5) is 0 Å². The summed E-state index contributed by atoms with van der Waals surface area (Å²) in [5.74, 6) is 0. The molecule has 0 saturated heterocycles. The highest BCUT2D eigenvalue weighted by atomic mass is 14.8. The minimum absolute atomic E-state index is 0.158. The standard InChI is InChI=1S/C11H16N2/c1-9-3-2-4-10(13-9)5-6-11(12)7-8-11/h2-4H,5-8,12H2,1H3. The van der Waals surface area contributed by atoms with E-state index in [-0.39, 0.29) is 5.54 Å². The van der Waals surface area contributed by atoms with Gasteiger partial charge in [-0.3, -0.25) is 4.98 Å². The zero-order valence-corrected chi connectivity index (χ0v) is 8.09. The van der Waals surface area contributed by atoms with Crippen molar-refractivity contribution in [3.63, 3.8) is 0 Å². The number of nitrogens with zero attached hydrogens (tertiary/aromatic N) is 1. The van der Waals surface area contributed by atoms with Crippen LogP contribution in [0.15, 0.2) is 18.2 Å². The molecule has 0 bridgehead atoms. The van der Waals surface area contributed by atoms with E-state index in [9.17, 15) is 0 Å². The first kappa shape index (κ1) is 8.70. The van der Waals surface area contributed by atoms with Gasteiger partial charge in [0.05, 0.1) is 0 Å². The van der Waals surface area contributed by atoms with Crippen LogP contribution in [0, 0.1) is 6.92 Å². The predicted molar refractivity (Wildman–Crippen MR) is 53.4 cm³/mol. The van der Waals surface area contributed by atoms with Gasteiger partial charge in [-0.05, 0) is 44.7 Å². The molecule has 1 aromatic heterocycles. The van der Waals surface area contributed by atoms with Crippen LogP contribution < -0.4 is 5.73 Å². The summed E-state index contributed by atoms with van der Waals surface area (Å²) in [5.41, 5.74) is 8.44. The Bertz CT molecular complexity index is 303. The maximum Gasteiger partial charge on any atom is 0.0407 e. The topological polar surface area (TPSA) is 38.9 Å². The summed E-state index contributed by atoms with van der Waals surface area (Å²) in [6.07, 6.45) is 4.50. The van der Waals surface area contributed by atoms with Crippen LogP contribution in [0.3, 0.4) is 0 Å². The van der Waals surface area contributed by atoms with E-state index in [0.29, 0.717) is 0 Å². The number of rotatable bonds is 3. The fraction of sp³-hybridized carbons (Fsp3) is 0.545. The van der Waals surface area contributed by atoms with Gasteiger partial charge in [0.15, 0.2) is 0 Å². The van der Waals surface area contributed by atoms with Crippen molar-refractivity contribution in [2.24, 2.45) is 5.73 Å². The number of hydrogen-bond donors (Lipinski definition) is 1. The fourth-order valence-corrected chi connectivity index (χ4v) is 1.53. The normalized spacial score (nSPS) is 18.6. The summed E-state index contributed by atoms with van der Waals surface area (Å²) >= 11 is 0. The van der Waals surface area contributed by atoms with Gasteiger partial charge < -0.3 is 5.73 Å². The Balaban J connectivity index is 1.94. The van der Waals surface area contributed by atoms with Gasteiger partial charge in [-0.25, -0.2) is 0 Å². The zero-order chi connectivity index (χ0) is 9.31. The lowest BCUT2D eigenvalue weighted by Crippen LogP contribution is -2.22. The van der Waals surface area contributed by atoms with Crippen molar-refractivity contribution in [1.82, 2.24) is 4.98 Å². The van der Waals surface area contributed by atoms with E-state index in [2.05, 4.69) is 17.1 Å². The summed E-state index contributed by atoms with van der Waals surface area (Å²) in [4.78, 5) is 4.45. The van der Waals surface area contributed by atoms with Crippen LogP contribution >= 0.6 is 0 Å². The maximum atomic E-state index is 6.00. The monoisotopic (exact) mass is 176 g/mol. The zero-order valence-electron chi connectivity index (χ0n) is 8.09. The van der Waals surface area contributed by atoms with Crippen LogP contribution in [-0.4, -0.2) is 10.5 Å². The third-order valence-corrected chi connectivity index (χ3v) is 2.72. The van der Waals surface area contributed by atoms with Gasteiger partial charge >= 0.3 is 0 Å².